The van der Waals surface area contributed by atoms with E-state index in [2.05, 4.69) is 24.0 Å². The summed E-state index contributed by atoms with van der Waals surface area (Å²) in [4.78, 5) is 13.9. The molecule has 0 fully saturated rings. The topological polar surface area (TPSA) is 128 Å². The monoisotopic (exact) mass is 266 g/mol. The summed E-state index contributed by atoms with van der Waals surface area (Å²) in [6.07, 6.45) is 0.956. The molecule has 0 bridgehead atoms. The molecule has 1 atom stereocenters. The Hall–Kier alpha value is -2.08. The summed E-state index contributed by atoms with van der Waals surface area (Å²) >= 11 is 0. The van der Waals surface area contributed by atoms with Gasteiger partial charge in [-0.05, 0) is 19.8 Å². The molecule has 0 heterocycles. The molecule has 0 saturated heterocycles. The second kappa shape index (κ2) is 9.90. The Morgan fingerprint density at radius 2 is 1.89 bits per heavy atom. The van der Waals surface area contributed by atoms with Crippen LogP contribution in [0.5, 0.6) is 0 Å². The van der Waals surface area contributed by atoms with Gasteiger partial charge in [-0.2, -0.15) is 0 Å². The van der Waals surface area contributed by atoms with E-state index in [0.717, 1.165) is 0 Å². The number of carboxylic acids is 1. The lowest BCUT2D eigenvalue weighted by atomic mass is 10.2. The van der Waals surface area contributed by atoms with Crippen LogP contribution in [0.25, 0.3) is 0 Å². The van der Waals surface area contributed by atoms with Gasteiger partial charge in [-0.25, -0.2) is 0 Å². The Kier molecular flexibility index (Phi) is 8.82. The first-order valence-electron chi connectivity index (χ1n) is 5.99. The quantitative estimate of drug-likeness (QED) is 0.349. The zero-order valence-corrected chi connectivity index (χ0v) is 11.1. The van der Waals surface area contributed by atoms with Crippen LogP contribution in [0.2, 0.25) is 0 Å². The summed E-state index contributed by atoms with van der Waals surface area (Å²) in [7, 11) is 0. The molecule has 1 aromatic carbocycles. The minimum absolute atomic E-state index is 0.0129. The lowest BCUT2D eigenvalue weighted by molar-refractivity contribution is -0.138. The van der Waals surface area contributed by atoms with E-state index in [1.54, 1.807) is 0 Å². The summed E-state index contributed by atoms with van der Waals surface area (Å²) in [5.41, 5.74) is 16.6. The number of aliphatic imine (C=N–C) groups is 1. The van der Waals surface area contributed by atoms with Crippen LogP contribution >= 0.6 is 0 Å². The van der Waals surface area contributed by atoms with E-state index in [-0.39, 0.29) is 5.96 Å². The molecule has 0 spiro atoms. The number of hydrogen-bond acceptors (Lipinski definition) is 3. The highest BCUT2D eigenvalue weighted by atomic mass is 16.4. The van der Waals surface area contributed by atoms with Gasteiger partial charge in [0.15, 0.2) is 5.96 Å². The predicted molar refractivity (Wildman–Crippen MR) is 76.7 cm³/mol. The number of guanidine groups is 1. The predicted octanol–water partition coefficient (Wildman–Crippen LogP) is 0.447. The van der Waals surface area contributed by atoms with Crippen molar-refractivity contribution in [2.75, 3.05) is 6.54 Å². The van der Waals surface area contributed by atoms with Crippen molar-refractivity contribution in [1.82, 2.24) is 0 Å². The molecule has 7 N–H and O–H groups in total. The van der Waals surface area contributed by atoms with Crippen LogP contribution in [0.15, 0.2) is 35.3 Å². The zero-order chi connectivity index (χ0) is 14.7. The Labute approximate surface area is 113 Å². The first-order valence-corrected chi connectivity index (χ1v) is 5.99. The number of nitrogens with two attached hydrogens (primary N) is 3. The van der Waals surface area contributed by atoms with Gasteiger partial charge in [0.1, 0.15) is 6.04 Å². The molecule has 6 nitrogen and oxygen atoms in total. The van der Waals surface area contributed by atoms with Crippen LogP contribution in [-0.4, -0.2) is 29.6 Å². The summed E-state index contributed by atoms with van der Waals surface area (Å²) in [6.45, 7) is 2.50. The lowest BCUT2D eigenvalue weighted by Crippen LogP contribution is -2.30. The fraction of sp³-hybridized carbons (Fsp3) is 0.385. The van der Waals surface area contributed by atoms with Gasteiger partial charge in [0.05, 0.1) is 0 Å². The van der Waals surface area contributed by atoms with E-state index in [1.807, 2.05) is 18.2 Å². The molecule has 19 heavy (non-hydrogen) atoms. The van der Waals surface area contributed by atoms with Gasteiger partial charge in [-0.3, -0.25) is 9.79 Å². The average molecular weight is 266 g/mol. The second-order valence-electron chi connectivity index (χ2n) is 4.05. The minimum Gasteiger partial charge on any atom is -0.480 e. The van der Waals surface area contributed by atoms with E-state index < -0.39 is 12.0 Å². The largest absolute Gasteiger partial charge is 0.480 e. The Bertz CT molecular complexity index is 389. The van der Waals surface area contributed by atoms with Crippen molar-refractivity contribution in [3.8, 4) is 0 Å². The maximum Gasteiger partial charge on any atom is 0.320 e. The molecule has 1 aromatic rings. The minimum atomic E-state index is -1.00. The van der Waals surface area contributed by atoms with Gasteiger partial charge in [0.2, 0.25) is 0 Å². The number of rotatable bonds is 5. The maximum absolute atomic E-state index is 10.2. The number of carbonyl (C=O) groups is 1. The molecule has 106 valence electrons. The Balaban J connectivity index is 0.000000388. The number of hydrogen-bond donors (Lipinski definition) is 4. The molecular formula is C13H22N4O2. The molecule has 0 aliphatic carbocycles. The molecule has 6 heteroatoms. The molecule has 0 saturated carbocycles. The number of aryl methyl sites for hydroxylation is 1. The third-order valence-corrected chi connectivity index (χ3v) is 2.23. The smallest absolute Gasteiger partial charge is 0.320 e. The molecule has 0 aliphatic heterocycles. The SMILES string of the molecule is Cc1ccccc1.NC(N)=NCCC[C@H](N)C(=O)O. The highest BCUT2D eigenvalue weighted by molar-refractivity contribution is 5.75. The van der Waals surface area contributed by atoms with E-state index in [1.165, 1.54) is 5.56 Å². The van der Waals surface area contributed by atoms with E-state index in [0.29, 0.717) is 19.4 Å². The van der Waals surface area contributed by atoms with Gasteiger partial charge in [-0.15, -0.1) is 0 Å². The first-order chi connectivity index (χ1) is 8.93. The summed E-state index contributed by atoms with van der Waals surface area (Å²) in [5.74, 6) is -0.987. The number of nitrogens with zero attached hydrogens (tertiary/aromatic N) is 1. The van der Waals surface area contributed by atoms with Gasteiger partial charge < -0.3 is 22.3 Å². The maximum atomic E-state index is 10.2. The molecule has 0 aliphatic rings. The fourth-order valence-corrected chi connectivity index (χ4v) is 1.18. The molecule has 0 aromatic heterocycles. The van der Waals surface area contributed by atoms with Crippen molar-refractivity contribution in [2.45, 2.75) is 25.8 Å². The summed E-state index contributed by atoms with van der Waals surface area (Å²) < 4.78 is 0. The third-order valence-electron chi connectivity index (χ3n) is 2.23. The molecule has 1 rings (SSSR count). The van der Waals surface area contributed by atoms with Crippen molar-refractivity contribution >= 4 is 11.9 Å². The second-order valence-corrected chi connectivity index (χ2v) is 4.05. The third kappa shape index (κ3) is 10.8. The average Bonchev–Trinajstić information content (AvgIpc) is 2.35. The molecular weight excluding hydrogens is 244 g/mol. The first kappa shape index (κ1) is 16.9. The number of carboxylic acid groups (broad SMARTS) is 1. The van der Waals surface area contributed by atoms with Crippen LogP contribution in [0.1, 0.15) is 18.4 Å². The van der Waals surface area contributed by atoms with Crippen molar-refractivity contribution in [3.63, 3.8) is 0 Å². The van der Waals surface area contributed by atoms with Gasteiger partial charge in [-0.1, -0.05) is 35.9 Å². The van der Waals surface area contributed by atoms with Crippen LogP contribution in [-0.2, 0) is 4.79 Å². The van der Waals surface area contributed by atoms with E-state index in [9.17, 15) is 4.79 Å². The van der Waals surface area contributed by atoms with Crippen LogP contribution in [0.4, 0.5) is 0 Å². The standard InChI is InChI=1S/C7H8.C6H14N4O2/c1-7-5-3-2-4-6-7;7-4(5(11)12)2-1-3-10-6(8)9/h2-6H,1H3;4H,1-3,7H2,(H,11,12)(H4,8,9,10)/t;4-/m.0/s1. The summed E-state index contributed by atoms with van der Waals surface area (Å²) in [5, 5.41) is 8.38. The van der Waals surface area contributed by atoms with Crippen LogP contribution in [0, 0.1) is 6.92 Å². The normalized spacial score (nSPS) is 10.8. The zero-order valence-electron chi connectivity index (χ0n) is 11.1. The molecule has 0 unspecified atom stereocenters. The highest BCUT2D eigenvalue weighted by Gasteiger charge is 2.09. The van der Waals surface area contributed by atoms with E-state index in [4.69, 9.17) is 22.3 Å². The van der Waals surface area contributed by atoms with Crippen LogP contribution < -0.4 is 17.2 Å². The van der Waals surface area contributed by atoms with Crippen molar-refractivity contribution in [2.24, 2.45) is 22.2 Å². The Morgan fingerprint density at radius 1 is 1.32 bits per heavy atom. The molecule has 0 radical (unpaired) electrons. The van der Waals surface area contributed by atoms with Gasteiger partial charge in [0, 0.05) is 6.54 Å². The van der Waals surface area contributed by atoms with Crippen LogP contribution in [0.3, 0.4) is 0 Å². The van der Waals surface area contributed by atoms with Crippen molar-refractivity contribution in [1.29, 1.82) is 0 Å². The number of aliphatic carboxylic acids is 1. The number of benzene rings is 1. The van der Waals surface area contributed by atoms with E-state index >= 15 is 0 Å². The van der Waals surface area contributed by atoms with Crippen molar-refractivity contribution in [3.05, 3.63) is 35.9 Å². The lowest BCUT2D eigenvalue weighted by Gasteiger charge is -2.03. The molecule has 0 amide bonds. The van der Waals surface area contributed by atoms with Crippen molar-refractivity contribution < 1.29 is 9.90 Å². The van der Waals surface area contributed by atoms with Gasteiger partial charge in [0.25, 0.3) is 0 Å². The fourth-order valence-electron chi connectivity index (χ4n) is 1.18. The Morgan fingerprint density at radius 3 is 2.26 bits per heavy atom. The summed E-state index contributed by atoms with van der Waals surface area (Å²) in [6, 6.07) is 9.44. The van der Waals surface area contributed by atoms with Gasteiger partial charge >= 0.3 is 5.97 Å². The highest BCUT2D eigenvalue weighted by Crippen LogP contribution is 1.94.